The molecule has 0 unspecified atom stereocenters. The van der Waals surface area contributed by atoms with Gasteiger partial charge in [0.2, 0.25) is 5.95 Å². The van der Waals surface area contributed by atoms with E-state index in [0.717, 1.165) is 30.8 Å². The van der Waals surface area contributed by atoms with Crippen molar-refractivity contribution in [3.8, 4) is 0 Å². The Morgan fingerprint density at radius 3 is 2.32 bits per heavy atom. The number of nitrogens with zero attached hydrogens (tertiary/aromatic N) is 5. The molecular weight excluding hydrogens is 475 g/mol. The number of fused-ring (bicyclic) bond motifs is 1. The van der Waals surface area contributed by atoms with Crippen LogP contribution >= 0.6 is 0 Å². The smallest absolute Gasteiger partial charge is 0.329 e. The summed E-state index contributed by atoms with van der Waals surface area (Å²) in [5.74, 6) is 0.177. The molecule has 1 aliphatic rings. The van der Waals surface area contributed by atoms with E-state index in [4.69, 9.17) is 4.98 Å². The number of imidazole rings is 1. The minimum Gasteiger partial charge on any atom is -0.386 e. The van der Waals surface area contributed by atoms with Gasteiger partial charge in [-0.25, -0.2) is 9.18 Å². The van der Waals surface area contributed by atoms with Crippen LogP contribution in [0.4, 0.5) is 10.3 Å². The summed E-state index contributed by atoms with van der Waals surface area (Å²) in [7, 11) is 1.56. The second kappa shape index (κ2) is 9.60. The van der Waals surface area contributed by atoms with Crippen LogP contribution in [0.5, 0.6) is 0 Å². The number of anilines is 1. The highest BCUT2D eigenvalue weighted by molar-refractivity contribution is 5.74. The van der Waals surface area contributed by atoms with Gasteiger partial charge in [-0.3, -0.25) is 23.8 Å². The Bertz CT molecular complexity index is 1540. The Hall–Kier alpha value is -3.76. The Balaban J connectivity index is 1.40. The van der Waals surface area contributed by atoms with Gasteiger partial charge >= 0.3 is 5.69 Å². The average Bonchev–Trinajstić information content (AvgIpc) is 3.24. The van der Waals surface area contributed by atoms with Crippen LogP contribution in [-0.4, -0.2) is 55.3 Å². The van der Waals surface area contributed by atoms with Crippen LogP contribution in [0.2, 0.25) is 0 Å². The number of nitrogens with one attached hydrogen (secondary N) is 1. The van der Waals surface area contributed by atoms with E-state index in [2.05, 4.69) is 14.8 Å². The molecule has 3 heterocycles. The van der Waals surface area contributed by atoms with Crippen LogP contribution in [-0.2, 0) is 25.7 Å². The molecule has 2 aromatic carbocycles. The van der Waals surface area contributed by atoms with Gasteiger partial charge in [-0.1, -0.05) is 42.5 Å². The molecule has 10 heteroatoms. The fourth-order valence-electron chi connectivity index (χ4n) is 4.79. The highest BCUT2D eigenvalue weighted by Gasteiger charge is 2.26. The van der Waals surface area contributed by atoms with Crippen molar-refractivity contribution in [1.29, 1.82) is 0 Å². The summed E-state index contributed by atoms with van der Waals surface area (Å²) in [6.45, 7) is 7.30. The molecule has 0 spiro atoms. The average molecular weight is 507 g/mol. The maximum Gasteiger partial charge on any atom is 0.329 e. The number of hydrogen-bond acceptors (Lipinski definition) is 6. The molecule has 194 valence electrons. The van der Waals surface area contributed by atoms with Gasteiger partial charge in [-0.2, -0.15) is 4.98 Å². The lowest BCUT2D eigenvalue weighted by Gasteiger charge is -2.35. The van der Waals surface area contributed by atoms with E-state index in [1.807, 2.05) is 24.3 Å². The molecule has 2 N–H and O–H groups in total. The highest BCUT2D eigenvalue weighted by Crippen LogP contribution is 2.24. The van der Waals surface area contributed by atoms with Gasteiger partial charge in [-0.15, -0.1) is 0 Å². The van der Waals surface area contributed by atoms with E-state index < -0.39 is 16.9 Å². The molecule has 4 aromatic rings. The molecule has 0 amide bonds. The quantitative estimate of drug-likeness (QED) is 0.416. The molecule has 0 bridgehead atoms. The van der Waals surface area contributed by atoms with Crippen molar-refractivity contribution in [1.82, 2.24) is 24.0 Å². The standard InChI is InChI=1S/C27H31FN6O3/c1-27(2,37)20-10-8-18(9-11-20)16-32-12-14-33(15-13-32)25-29-23-22(24(35)30-26(36)31(23)3)34(25)17-19-6-4-5-7-21(19)28/h4-11,37H,12-17H2,1-3H3,(H,30,35,36). The second-order valence-corrected chi connectivity index (χ2v) is 10.1. The lowest BCUT2D eigenvalue weighted by molar-refractivity contribution is 0.0785. The van der Waals surface area contributed by atoms with Crippen molar-refractivity contribution in [3.05, 3.63) is 91.9 Å². The van der Waals surface area contributed by atoms with Crippen LogP contribution in [0.3, 0.4) is 0 Å². The molecule has 37 heavy (non-hydrogen) atoms. The molecule has 1 saturated heterocycles. The second-order valence-electron chi connectivity index (χ2n) is 10.1. The zero-order valence-electron chi connectivity index (χ0n) is 21.2. The number of benzene rings is 2. The zero-order valence-corrected chi connectivity index (χ0v) is 21.2. The maximum atomic E-state index is 14.5. The number of hydrogen-bond donors (Lipinski definition) is 2. The molecule has 5 rings (SSSR count). The number of rotatable bonds is 6. The van der Waals surface area contributed by atoms with Gasteiger partial charge in [0.15, 0.2) is 11.2 Å². The van der Waals surface area contributed by atoms with E-state index >= 15 is 0 Å². The maximum absolute atomic E-state index is 14.5. The molecule has 0 saturated carbocycles. The van der Waals surface area contributed by atoms with E-state index in [0.29, 0.717) is 24.6 Å². The number of aromatic amines is 1. The molecule has 1 fully saturated rings. The lowest BCUT2D eigenvalue weighted by atomic mass is 9.97. The van der Waals surface area contributed by atoms with Gasteiger partial charge in [0.05, 0.1) is 12.1 Å². The molecule has 0 radical (unpaired) electrons. The largest absolute Gasteiger partial charge is 0.386 e. The van der Waals surface area contributed by atoms with Crippen LogP contribution in [0.15, 0.2) is 58.1 Å². The number of aromatic nitrogens is 4. The Labute approximate surface area is 213 Å². The SMILES string of the molecule is Cn1c(=O)[nH]c(=O)c2c1nc(N1CCN(Cc3ccc(C(C)(C)O)cc3)CC1)n2Cc1ccccc1F. The number of aryl methyl sites for hydroxylation is 1. The van der Waals surface area contributed by atoms with Crippen molar-refractivity contribution < 1.29 is 9.50 Å². The molecule has 0 atom stereocenters. The predicted octanol–water partition coefficient (Wildman–Crippen LogP) is 2.16. The van der Waals surface area contributed by atoms with Crippen LogP contribution in [0.1, 0.15) is 30.5 Å². The van der Waals surface area contributed by atoms with Crippen LogP contribution < -0.4 is 16.1 Å². The van der Waals surface area contributed by atoms with Gasteiger partial charge < -0.3 is 10.0 Å². The first-order chi connectivity index (χ1) is 17.6. The van der Waals surface area contributed by atoms with Crippen LogP contribution in [0, 0.1) is 5.82 Å². The Morgan fingerprint density at radius 1 is 1.00 bits per heavy atom. The topological polar surface area (TPSA) is 99.4 Å². The first kappa shape index (κ1) is 24.9. The first-order valence-electron chi connectivity index (χ1n) is 12.3. The summed E-state index contributed by atoms with van der Waals surface area (Å²) >= 11 is 0. The third-order valence-corrected chi connectivity index (χ3v) is 6.99. The summed E-state index contributed by atoms with van der Waals surface area (Å²) < 4.78 is 17.6. The summed E-state index contributed by atoms with van der Waals surface area (Å²) in [5.41, 5.74) is 1.03. The fourth-order valence-corrected chi connectivity index (χ4v) is 4.79. The summed E-state index contributed by atoms with van der Waals surface area (Å²) in [4.78, 5) is 36.5. The van der Waals surface area contributed by atoms with E-state index in [1.165, 1.54) is 10.6 Å². The fraction of sp³-hybridized carbons (Fsp3) is 0.370. The third kappa shape index (κ3) is 4.94. The summed E-state index contributed by atoms with van der Waals surface area (Å²) in [6.07, 6.45) is 0. The normalized spacial score (nSPS) is 15.0. The Kier molecular flexibility index (Phi) is 6.47. The number of piperazine rings is 1. The summed E-state index contributed by atoms with van der Waals surface area (Å²) in [6, 6.07) is 14.4. The van der Waals surface area contributed by atoms with E-state index in [-0.39, 0.29) is 23.5 Å². The van der Waals surface area contributed by atoms with E-state index in [9.17, 15) is 19.1 Å². The molecule has 1 aliphatic heterocycles. The molecular formula is C27H31FN6O3. The monoisotopic (exact) mass is 506 g/mol. The van der Waals surface area contributed by atoms with Gasteiger partial charge in [0.25, 0.3) is 5.56 Å². The van der Waals surface area contributed by atoms with E-state index in [1.54, 1.807) is 43.7 Å². The van der Waals surface area contributed by atoms with Crippen molar-refractivity contribution in [2.24, 2.45) is 7.05 Å². The lowest BCUT2D eigenvalue weighted by Crippen LogP contribution is -2.47. The number of H-pyrrole nitrogens is 1. The number of aliphatic hydroxyl groups is 1. The van der Waals surface area contributed by atoms with Crippen molar-refractivity contribution in [2.75, 3.05) is 31.1 Å². The molecule has 2 aromatic heterocycles. The number of halogens is 1. The van der Waals surface area contributed by atoms with Crippen molar-refractivity contribution in [3.63, 3.8) is 0 Å². The van der Waals surface area contributed by atoms with Gasteiger partial charge in [0, 0.05) is 45.3 Å². The highest BCUT2D eigenvalue weighted by atomic mass is 19.1. The minimum atomic E-state index is -0.872. The molecule has 0 aliphatic carbocycles. The Morgan fingerprint density at radius 2 is 1.68 bits per heavy atom. The zero-order chi connectivity index (χ0) is 26.3. The van der Waals surface area contributed by atoms with Gasteiger partial charge in [0.1, 0.15) is 5.82 Å². The van der Waals surface area contributed by atoms with Gasteiger partial charge in [-0.05, 0) is 31.0 Å². The third-order valence-electron chi connectivity index (χ3n) is 6.99. The summed E-state index contributed by atoms with van der Waals surface area (Å²) in [5, 5.41) is 10.2. The van der Waals surface area contributed by atoms with Crippen molar-refractivity contribution in [2.45, 2.75) is 32.5 Å². The predicted molar refractivity (Wildman–Crippen MR) is 140 cm³/mol. The minimum absolute atomic E-state index is 0.119. The van der Waals surface area contributed by atoms with Crippen LogP contribution in [0.25, 0.3) is 11.2 Å². The molecule has 9 nitrogen and oxygen atoms in total. The van der Waals surface area contributed by atoms with Crippen molar-refractivity contribution >= 4 is 17.1 Å². The first-order valence-corrected chi connectivity index (χ1v) is 12.3.